The van der Waals surface area contributed by atoms with E-state index >= 15 is 0 Å². The number of benzene rings is 2. The Morgan fingerprint density at radius 1 is 0.971 bits per heavy atom. The van der Waals surface area contributed by atoms with Gasteiger partial charge in [0.1, 0.15) is 12.4 Å². The fourth-order valence-corrected chi connectivity index (χ4v) is 3.39. The van der Waals surface area contributed by atoms with Gasteiger partial charge < -0.3 is 13.9 Å². The molecule has 3 rings (SSSR count). The molecule has 34 heavy (non-hydrogen) atoms. The first-order valence-corrected chi connectivity index (χ1v) is 11.3. The number of methoxy groups -OCH3 is 1. The van der Waals surface area contributed by atoms with Crippen LogP contribution < -0.4 is 20.3 Å². The average molecular weight is 486 g/mol. The van der Waals surface area contributed by atoms with Crippen LogP contribution in [0.2, 0.25) is 5.02 Å². The fraction of sp³-hybridized carbons (Fsp3) is 0.280. The van der Waals surface area contributed by atoms with Crippen molar-refractivity contribution in [3.05, 3.63) is 82.3 Å². The van der Waals surface area contributed by atoms with E-state index in [9.17, 15) is 9.59 Å². The van der Waals surface area contributed by atoms with Gasteiger partial charge in [0, 0.05) is 16.1 Å². The number of halogens is 1. The van der Waals surface area contributed by atoms with Gasteiger partial charge in [-0.3, -0.25) is 25.3 Å². The topological polar surface area (TPSA) is 93.0 Å². The van der Waals surface area contributed by atoms with Crippen LogP contribution >= 0.6 is 11.6 Å². The number of rotatable bonds is 10. The van der Waals surface area contributed by atoms with E-state index < -0.39 is 11.8 Å². The summed E-state index contributed by atoms with van der Waals surface area (Å²) < 4.78 is 16.8. The third-order valence-electron chi connectivity index (χ3n) is 5.22. The zero-order valence-electron chi connectivity index (χ0n) is 19.4. The molecular weight excluding hydrogens is 458 g/mol. The molecule has 0 radical (unpaired) electrons. The number of amides is 2. The van der Waals surface area contributed by atoms with Crippen LogP contribution in [-0.2, 0) is 13.2 Å². The number of carbonyl (C=O) groups is 2. The van der Waals surface area contributed by atoms with Crippen LogP contribution in [0.15, 0.2) is 59.0 Å². The second kappa shape index (κ2) is 12.1. The maximum atomic E-state index is 12.5. The van der Waals surface area contributed by atoms with E-state index in [1.54, 1.807) is 30.3 Å². The second-order valence-electron chi connectivity index (χ2n) is 7.38. The second-order valence-corrected chi connectivity index (χ2v) is 7.79. The lowest BCUT2D eigenvalue weighted by atomic mass is 10.2. The summed E-state index contributed by atoms with van der Waals surface area (Å²) in [5.41, 5.74) is 5.86. The predicted octanol–water partition coefficient (Wildman–Crippen LogP) is 4.44. The summed E-state index contributed by atoms with van der Waals surface area (Å²) in [4.78, 5) is 27.1. The number of carbonyl (C=O) groups excluding carboxylic acids is 2. The van der Waals surface area contributed by atoms with Gasteiger partial charge in [-0.2, -0.15) is 0 Å². The zero-order chi connectivity index (χ0) is 24.5. The molecule has 0 aliphatic rings. The van der Waals surface area contributed by atoms with Gasteiger partial charge in [-0.1, -0.05) is 43.6 Å². The summed E-state index contributed by atoms with van der Waals surface area (Å²) in [6.45, 7) is 6.73. The molecule has 0 saturated heterocycles. The fourth-order valence-electron chi connectivity index (χ4n) is 3.20. The SMILES string of the molecule is CCN(CC)Cc1ccc(C(=O)NNC(=O)c2ccc(OCc3ccccc3Cl)c(OC)c2)o1. The van der Waals surface area contributed by atoms with Crippen LogP contribution in [-0.4, -0.2) is 36.9 Å². The van der Waals surface area contributed by atoms with Gasteiger partial charge in [0.05, 0.1) is 13.7 Å². The van der Waals surface area contributed by atoms with Crippen molar-refractivity contribution in [1.82, 2.24) is 15.8 Å². The minimum absolute atomic E-state index is 0.114. The van der Waals surface area contributed by atoms with E-state index in [2.05, 4.69) is 29.6 Å². The molecule has 0 saturated carbocycles. The quantitative estimate of drug-likeness (QED) is 0.412. The van der Waals surface area contributed by atoms with Crippen molar-refractivity contribution in [2.24, 2.45) is 0 Å². The Morgan fingerprint density at radius 2 is 1.71 bits per heavy atom. The van der Waals surface area contributed by atoms with E-state index in [4.69, 9.17) is 25.5 Å². The highest BCUT2D eigenvalue weighted by Crippen LogP contribution is 2.29. The Balaban J connectivity index is 1.58. The largest absolute Gasteiger partial charge is 0.493 e. The van der Waals surface area contributed by atoms with Crippen molar-refractivity contribution in [3.63, 3.8) is 0 Å². The minimum atomic E-state index is -0.550. The van der Waals surface area contributed by atoms with Crippen molar-refractivity contribution in [3.8, 4) is 11.5 Å². The van der Waals surface area contributed by atoms with Crippen molar-refractivity contribution in [2.75, 3.05) is 20.2 Å². The van der Waals surface area contributed by atoms with E-state index in [-0.39, 0.29) is 17.9 Å². The number of nitrogens with zero attached hydrogens (tertiary/aromatic N) is 1. The number of nitrogens with one attached hydrogen (secondary N) is 2. The van der Waals surface area contributed by atoms with Crippen molar-refractivity contribution in [1.29, 1.82) is 0 Å². The minimum Gasteiger partial charge on any atom is -0.493 e. The molecule has 0 unspecified atom stereocenters. The highest BCUT2D eigenvalue weighted by Gasteiger charge is 2.16. The van der Waals surface area contributed by atoms with Crippen LogP contribution in [0.4, 0.5) is 0 Å². The lowest BCUT2D eigenvalue weighted by Gasteiger charge is -2.15. The Hall–Kier alpha value is -3.49. The Morgan fingerprint density at radius 3 is 2.41 bits per heavy atom. The Bertz CT molecular complexity index is 1130. The molecule has 0 aliphatic carbocycles. The van der Waals surface area contributed by atoms with E-state index in [1.807, 2.05) is 18.2 Å². The van der Waals surface area contributed by atoms with Gasteiger partial charge in [-0.15, -0.1) is 0 Å². The van der Waals surface area contributed by atoms with E-state index in [1.165, 1.54) is 13.2 Å². The van der Waals surface area contributed by atoms with Crippen molar-refractivity contribution in [2.45, 2.75) is 27.0 Å². The van der Waals surface area contributed by atoms with Crippen molar-refractivity contribution >= 4 is 23.4 Å². The van der Waals surface area contributed by atoms with Gasteiger partial charge in [0.2, 0.25) is 0 Å². The van der Waals surface area contributed by atoms with Gasteiger partial charge >= 0.3 is 5.91 Å². The monoisotopic (exact) mass is 485 g/mol. The average Bonchev–Trinajstić information content (AvgIpc) is 3.33. The molecule has 1 heterocycles. The molecule has 2 amide bonds. The third kappa shape index (κ3) is 6.52. The zero-order valence-corrected chi connectivity index (χ0v) is 20.1. The summed E-state index contributed by atoms with van der Waals surface area (Å²) in [5.74, 6) is 0.558. The molecule has 0 bridgehead atoms. The third-order valence-corrected chi connectivity index (χ3v) is 5.58. The number of ether oxygens (including phenoxy) is 2. The summed E-state index contributed by atoms with van der Waals surface area (Å²) in [6, 6.07) is 15.4. The van der Waals surface area contributed by atoms with Crippen LogP contribution in [0.5, 0.6) is 11.5 Å². The molecule has 0 atom stereocenters. The van der Waals surface area contributed by atoms with E-state index in [0.717, 1.165) is 18.7 Å². The number of furan rings is 1. The first kappa shape index (κ1) is 25.1. The van der Waals surface area contributed by atoms with E-state index in [0.29, 0.717) is 28.8 Å². The predicted molar refractivity (Wildman–Crippen MR) is 129 cm³/mol. The maximum absolute atomic E-state index is 12.5. The summed E-state index contributed by atoms with van der Waals surface area (Å²) >= 11 is 6.16. The molecule has 180 valence electrons. The molecule has 8 nitrogen and oxygen atoms in total. The number of hydrogen-bond acceptors (Lipinski definition) is 6. The Labute approximate surface area is 203 Å². The van der Waals surface area contributed by atoms with Crippen LogP contribution in [0.1, 0.15) is 46.1 Å². The first-order valence-electron chi connectivity index (χ1n) is 10.9. The first-order chi connectivity index (χ1) is 16.4. The maximum Gasteiger partial charge on any atom is 0.305 e. The molecule has 1 aromatic heterocycles. The lowest BCUT2D eigenvalue weighted by Crippen LogP contribution is -2.41. The summed E-state index contributed by atoms with van der Waals surface area (Å²) in [5, 5.41) is 0.602. The summed E-state index contributed by atoms with van der Waals surface area (Å²) in [6.07, 6.45) is 0. The normalized spacial score (nSPS) is 10.7. The summed E-state index contributed by atoms with van der Waals surface area (Å²) in [7, 11) is 1.48. The van der Waals surface area contributed by atoms with Gasteiger partial charge in [-0.25, -0.2) is 0 Å². The smallest absolute Gasteiger partial charge is 0.305 e. The van der Waals surface area contributed by atoms with Gasteiger partial charge in [0.15, 0.2) is 17.3 Å². The van der Waals surface area contributed by atoms with Crippen LogP contribution in [0, 0.1) is 0 Å². The molecule has 0 aliphatic heterocycles. The van der Waals surface area contributed by atoms with Crippen LogP contribution in [0.3, 0.4) is 0 Å². The molecule has 2 aromatic carbocycles. The lowest BCUT2D eigenvalue weighted by molar-refractivity contribution is 0.0828. The molecular formula is C25H28ClN3O5. The standard InChI is InChI=1S/C25H28ClN3O5/c1-4-29(5-2)15-19-11-13-22(34-19)25(31)28-27-24(30)17-10-12-21(23(14-17)32-3)33-16-18-8-6-7-9-20(18)26/h6-14H,4-5,15-16H2,1-3H3,(H,27,30)(H,28,31). The number of hydrogen-bond donors (Lipinski definition) is 2. The van der Waals surface area contributed by atoms with Gasteiger partial charge in [0.25, 0.3) is 5.91 Å². The molecule has 2 N–H and O–H groups in total. The highest BCUT2D eigenvalue weighted by molar-refractivity contribution is 6.31. The number of hydrazine groups is 1. The molecule has 0 fully saturated rings. The van der Waals surface area contributed by atoms with Crippen molar-refractivity contribution < 1.29 is 23.5 Å². The highest BCUT2D eigenvalue weighted by atomic mass is 35.5. The molecule has 9 heteroatoms. The van der Waals surface area contributed by atoms with Crippen LogP contribution in [0.25, 0.3) is 0 Å². The molecule has 0 spiro atoms. The molecule has 3 aromatic rings. The Kier molecular flexibility index (Phi) is 8.95. The van der Waals surface area contributed by atoms with Gasteiger partial charge in [-0.05, 0) is 49.5 Å².